The van der Waals surface area contributed by atoms with Gasteiger partial charge in [-0.1, -0.05) is 104 Å². The van der Waals surface area contributed by atoms with Crippen molar-refractivity contribution >= 4 is 10.1 Å². The van der Waals surface area contributed by atoms with E-state index in [2.05, 4.69) is 27.7 Å². The van der Waals surface area contributed by atoms with Gasteiger partial charge in [-0.3, -0.25) is 0 Å². The summed E-state index contributed by atoms with van der Waals surface area (Å²) < 4.78 is 35.4. The van der Waals surface area contributed by atoms with Crippen LogP contribution >= 0.6 is 0 Å². The highest BCUT2D eigenvalue weighted by Gasteiger charge is 2.13. The molecule has 0 saturated carbocycles. The molecule has 0 aliphatic rings. The van der Waals surface area contributed by atoms with Crippen LogP contribution in [0.1, 0.15) is 116 Å². The molecule has 0 aliphatic heterocycles. The molecular formula is C26H49NO3S. The minimum absolute atomic E-state index is 0. The number of aryl methyl sites for hydroxylation is 1. The van der Waals surface area contributed by atoms with E-state index in [1.165, 1.54) is 63.9 Å². The van der Waals surface area contributed by atoms with Crippen LogP contribution in [0.5, 0.6) is 0 Å². The molecule has 0 aromatic heterocycles. The minimum atomic E-state index is -4.42. The third-order valence-electron chi connectivity index (χ3n) is 5.94. The van der Waals surface area contributed by atoms with Gasteiger partial charge in [0.1, 0.15) is 10.1 Å². The van der Waals surface area contributed by atoms with E-state index in [0.29, 0.717) is 6.42 Å². The summed E-state index contributed by atoms with van der Waals surface area (Å²) in [5.74, 6) is 1.54. The second kappa shape index (κ2) is 16.7. The van der Waals surface area contributed by atoms with Crippen molar-refractivity contribution in [2.24, 2.45) is 11.8 Å². The van der Waals surface area contributed by atoms with Crippen LogP contribution in [0.15, 0.2) is 23.1 Å². The molecule has 0 spiro atoms. The first kappa shape index (κ1) is 30.1. The Morgan fingerprint density at radius 3 is 1.65 bits per heavy atom. The van der Waals surface area contributed by atoms with Crippen LogP contribution in [0, 0.1) is 11.8 Å². The first-order valence-corrected chi connectivity index (χ1v) is 13.7. The van der Waals surface area contributed by atoms with Gasteiger partial charge in [0.15, 0.2) is 0 Å². The maximum Gasteiger partial charge on any atom is 0.124 e. The van der Waals surface area contributed by atoms with Crippen LogP contribution in [0.25, 0.3) is 0 Å². The Hall–Kier alpha value is -0.910. The fraction of sp³-hybridized carbons (Fsp3) is 0.769. The van der Waals surface area contributed by atoms with Gasteiger partial charge in [-0.25, -0.2) is 8.42 Å². The Bertz CT molecular complexity index is 684. The second-order valence-electron chi connectivity index (χ2n) is 9.75. The summed E-state index contributed by atoms with van der Waals surface area (Å²) in [6, 6.07) is 5.25. The van der Waals surface area contributed by atoms with Crippen LogP contribution in [0.2, 0.25) is 0 Å². The van der Waals surface area contributed by atoms with Gasteiger partial charge in [-0.2, -0.15) is 0 Å². The van der Waals surface area contributed by atoms with Gasteiger partial charge in [-0.05, 0) is 54.7 Å². The Kier molecular flexibility index (Phi) is 16.2. The first-order valence-electron chi connectivity index (χ1n) is 12.3. The first-order chi connectivity index (χ1) is 14.2. The SMILES string of the molecule is CC(C)CCCCCCCc1cccc(S(=O)(=O)[O-])c1CCCCCCCC(C)C.[NH4+]. The van der Waals surface area contributed by atoms with E-state index in [0.717, 1.165) is 48.6 Å². The van der Waals surface area contributed by atoms with Gasteiger partial charge in [0.05, 0.1) is 4.90 Å². The van der Waals surface area contributed by atoms with Crippen LogP contribution in [0.3, 0.4) is 0 Å². The van der Waals surface area contributed by atoms with Gasteiger partial charge in [-0.15, -0.1) is 0 Å². The zero-order chi connectivity index (χ0) is 22.4. The lowest BCUT2D eigenvalue weighted by molar-refractivity contribution is 0.461. The summed E-state index contributed by atoms with van der Waals surface area (Å²) in [4.78, 5) is 0.0109. The van der Waals surface area contributed by atoms with Gasteiger partial charge >= 0.3 is 0 Å². The highest BCUT2D eigenvalue weighted by molar-refractivity contribution is 7.85. The fourth-order valence-electron chi connectivity index (χ4n) is 4.15. The molecular weight excluding hydrogens is 406 g/mol. The van der Waals surface area contributed by atoms with E-state index in [-0.39, 0.29) is 11.0 Å². The van der Waals surface area contributed by atoms with Gasteiger partial charge in [0.25, 0.3) is 0 Å². The maximum atomic E-state index is 11.8. The Labute approximate surface area is 192 Å². The number of quaternary nitrogens is 1. The van der Waals surface area contributed by atoms with Crippen LogP contribution in [-0.2, 0) is 23.0 Å². The topological polar surface area (TPSA) is 93.7 Å². The van der Waals surface area contributed by atoms with Crippen molar-refractivity contribution in [2.75, 3.05) is 0 Å². The fourth-order valence-corrected chi connectivity index (χ4v) is 4.93. The summed E-state index contributed by atoms with van der Waals surface area (Å²) in [5, 5.41) is 0. The molecule has 0 fully saturated rings. The molecule has 0 atom stereocenters. The quantitative estimate of drug-likeness (QED) is 0.190. The second-order valence-corrected chi connectivity index (χ2v) is 11.1. The zero-order valence-corrected chi connectivity index (χ0v) is 21.7. The monoisotopic (exact) mass is 455 g/mol. The molecule has 0 radical (unpaired) electrons. The highest BCUT2D eigenvalue weighted by atomic mass is 32.2. The molecule has 0 amide bonds. The average Bonchev–Trinajstić information content (AvgIpc) is 2.65. The molecule has 1 aromatic rings. The third-order valence-corrected chi connectivity index (χ3v) is 6.86. The normalized spacial score (nSPS) is 11.8. The Morgan fingerprint density at radius 2 is 1.16 bits per heavy atom. The molecule has 1 aromatic carbocycles. The van der Waals surface area contributed by atoms with E-state index >= 15 is 0 Å². The summed E-state index contributed by atoms with van der Waals surface area (Å²) >= 11 is 0. The van der Waals surface area contributed by atoms with Gasteiger partial charge < -0.3 is 10.7 Å². The predicted molar refractivity (Wildman–Crippen MR) is 133 cm³/mol. The summed E-state index contributed by atoms with van der Waals surface area (Å²) in [6.07, 6.45) is 15.9. The van der Waals surface area contributed by atoms with Crippen LogP contribution < -0.4 is 6.15 Å². The minimum Gasteiger partial charge on any atom is -0.744 e. The molecule has 0 unspecified atom stereocenters. The summed E-state index contributed by atoms with van der Waals surface area (Å²) in [5.41, 5.74) is 1.85. The molecule has 4 N–H and O–H groups in total. The number of hydrogen-bond donors (Lipinski definition) is 1. The van der Waals surface area contributed by atoms with E-state index in [1.54, 1.807) is 6.07 Å². The van der Waals surface area contributed by atoms with E-state index in [1.807, 2.05) is 6.07 Å². The number of hydrogen-bond acceptors (Lipinski definition) is 3. The third kappa shape index (κ3) is 14.0. The van der Waals surface area contributed by atoms with E-state index < -0.39 is 10.1 Å². The summed E-state index contributed by atoms with van der Waals surface area (Å²) in [6.45, 7) is 9.05. The van der Waals surface area contributed by atoms with E-state index in [4.69, 9.17) is 0 Å². The van der Waals surface area contributed by atoms with Gasteiger partial charge in [0.2, 0.25) is 0 Å². The molecule has 4 nitrogen and oxygen atoms in total. The molecule has 0 aliphatic carbocycles. The lowest BCUT2D eigenvalue weighted by Crippen LogP contribution is -2.07. The molecule has 0 heterocycles. The smallest absolute Gasteiger partial charge is 0.124 e. The lowest BCUT2D eigenvalue weighted by Gasteiger charge is -2.17. The van der Waals surface area contributed by atoms with Crippen molar-refractivity contribution in [1.82, 2.24) is 6.15 Å². The number of benzene rings is 1. The average molecular weight is 456 g/mol. The number of unbranched alkanes of at least 4 members (excludes halogenated alkanes) is 8. The molecule has 182 valence electrons. The molecule has 0 bridgehead atoms. The maximum absolute atomic E-state index is 11.8. The highest BCUT2D eigenvalue weighted by Crippen LogP contribution is 2.24. The van der Waals surface area contributed by atoms with Crippen molar-refractivity contribution < 1.29 is 13.0 Å². The van der Waals surface area contributed by atoms with Crippen molar-refractivity contribution in [2.45, 2.75) is 122 Å². The zero-order valence-electron chi connectivity index (χ0n) is 20.9. The molecule has 5 heteroatoms. The standard InChI is InChI=1S/C26H46O3S.H3N/c1-22(2)16-11-7-5-9-13-18-24-19-15-21-26(30(27,28)29)25(24)20-14-10-6-8-12-17-23(3)4;/h15,19,21-23H,5-14,16-18,20H2,1-4H3,(H,27,28,29);1H3. The molecule has 0 saturated heterocycles. The summed E-state index contributed by atoms with van der Waals surface area (Å²) in [7, 11) is -4.42. The Balaban J connectivity index is 0.00000900. The van der Waals surface area contributed by atoms with Gasteiger partial charge in [0, 0.05) is 0 Å². The van der Waals surface area contributed by atoms with Crippen LogP contribution in [-0.4, -0.2) is 13.0 Å². The van der Waals surface area contributed by atoms with Crippen molar-refractivity contribution in [1.29, 1.82) is 0 Å². The lowest BCUT2D eigenvalue weighted by atomic mass is 9.96. The predicted octanol–water partition coefficient (Wildman–Crippen LogP) is 8.05. The van der Waals surface area contributed by atoms with E-state index in [9.17, 15) is 13.0 Å². The number of rotatable bonds is 17. The molecule has 31 heavy (non-hydrogen) atoms. The Morgan fingerprint density at radius 1 is 0.710 bits per heavy atom. The van der Waals surface area contributed by atoms with Crippen molar-refractivity contribution in [3.05, 3.63) is 29.3 Å². The molecule has 1 rings (SSSR count). The van der Waals surface area contributed by atoms with Crippen molar-refractivity contribution in [3.8, 4) is 0 Å². The van der Waals surface area contributed by atoms with Crippen molar-refractivity contribution in [3.63, 3.8) is 0 Å². The van der Waals surface area contributed by atoms with Crippen LogP contribution in [0.4, 0.5) is 0 Å². The largest absolute Gasteiger partial charge is 0.744 e.